The number of benzene rings is 1. The van der Waals surface area contributed by atoms with E-state index in [4.69, 9.17) is 5.73 Å². The molecule has 0 bridgehead atoms. The van der Waals surface area contributed by atoms with Crippen molar-refractivity contribution in [3.8, 4) is 0 Å². The van der Waals surface area contributed by atoms with Gasteiger partial charge in [-0.25, -0.2) is 12.7 Å². The van der Waals surface area contributed by atoms with Crippen LogP contribution >= 0.6 is 0 Å². The van der Waals surface area contributed by atoms with Crippen molar-refractivity contribution in [1.82, 2.24) is 14.1 Å². The molecule has 3 rings (SSSR count). The van der Waals surface area contributed by atoms with E-state index in [1.54, 1.807) is 23.1 Å². The molecule has 1 aromatic carbocycles. The lowest BCUT2D eigenvalue weighted by Gasteiger charge is -2.14. The summed E-state index contributed by atoms with van der Waals surface area (Å²) in [6, 6.07) is 6.01. The second kappa shape index (κ2) is 4.34. The summed E-state index contributed by atoms with van der Waals surface area (Å²) >= 11 is 0. The number of fused-ring (bicyclic) bond motifs is 1. The van der Waals surface area contributed by atoms with Gasteiger partial charge in [-0.3, -0.25) is 9.48 Å². The highest BCUT2D eigenvalue weighted by atomic mass is 32.2. The fourth-order valence-electron chi connectivity index (χ4n) is 2.14. The van der Waals surface area contributed by atoms with E-state index in [-0.39, 0.29) is 17.0 Å². The number of amides is 1. The summed E-state index contributed by atoms with van der Waals surface area (Å²) in [4.78, 5) is 12.1. The summed E-state index contributed by atoms with van der Waals surface area (Å²) in [5.74, 6) is -0.521. The first-order valence-corrected chi connectivity index (χ1v) is 7.38. The maximum absolute atomic E-state index is 12.3. The van der Waals surface area contributed by atoms with Gasteiger partial charge in [0, 0.05) is 18.1 Å². The first-order valence-electron chi connectivity index (χ1n) is 5.94. The molecule has 0 saturated heterocycles. The van der Waals surface area contributed by atoms with Crippen LogP contribution in [0.4, 0.5) is 5.69 Å². The summed E-state index contributed by atoms with van der Waals surface area (Å²) in [5, 5.41) is 3.98. The Balaban J connectivity index is 1.93. The number of nitrogens with zero attached hydrogens (tertiary/aromatic N) is 3. The lowest BCUT2D eigenvalue weighted by Crippen LogP contribution is -2.33. The molecule has 104 valence electrons. The highest BCUT2D eigenvalue weighted by Crippen LogP contribution is 2.31. The fourth-order valence-corrected chi connectivity index (χ4v) is 3.73. The summed E-state index contributed by atoms with van der Waals surface area (Å²) in [7, 11) is -3.81. The number of sulfonamides is 1. The number of rotatable bonds is 3. The van der Waals surface area contributed by atoms with Crippen molar-refractivity contribution in [2.75, 3.05) is 12.3 Å². The van der Waals surface area contributed by atoms with Crippen LogP contribution in [0.25, 0.3) is 0 Å². The zero-order valence-corrected chi connectivity index (χ0v) is 11.2. The minimum atomic E-state index is -3.81. The van der Waals surface area contributed by atoms with E-state index in [1.165, 1.54) is 18.2 Å². The summed E-state index contributed by atoms with van der Waals surface area (Å²) < 4.78 is 27.1. The van der Waals surface area contributed by atoms with Gasteiger partial charge in [-0.05, 0) is 24.3 Å². The van der Waals surface area contributed by atoms with Gasteiger partial charge in [0.15, 0.2) is 0 Å². The molecule has 2 heterocycles. The molecule has 0 saturated carbocycles. The Kier molecular flexibility index (Phi) is 2.75. The number of nitrogen functional groups attached to an aromatic ring is 1. The molecular formula is C12H12N4O3S. The van der Waals surface area contributed by atoms with Crippen LogP contribution in [0, 0.1) is 0 Å². The molecule has 0 aliphatic carbocycles. The molecule has 0 atom stereocenters. The van der Waals surface area contributed by atoms with Crippen LogP contribution in [0.5, 0.6) is 0 Å². The van der Waals surface area contributed by atoms with E-state index in [2.05, 4.69) is 5.10 Å². The quantitative estimate of drug-likeness (QED) is 0.821. The van der Waals surface area contributed by atoms with Crippen molar-refractivity contribution in [2.45, 2.75) is 11.4 Å². The standard InChI is InChI=1S/C12H12N4O3S/c13-9-2-3-10-11(8-9)20(18,19)16(12(10)17)7-6-15-5-1-4-14-15/h1-5,8H,6-7,13H2. The monoisotopic (exact) mass is 292 g/mol. The van der Waals surface area contributed by atoms with Gasteiger partial charge in [0.1, 0.15) is 4.90 Å². The van der Waals surface area contributed by atoms with Crippen LogP contribution in [0.3, 0.4) is 0 Å². The molecule has 2 N–H and O–H groups in total. The average molecular weight is 292 g/mol. The number of carbonyl (C=O) groups is 1. The molecule has 1 aromatic heterocycles. The van der Waals surface area contributed by atoms with Crippen molar-refractivity contribution < 1.29 is 13.2 Å². The molecule has 2 aromatic rings. The minimum Gasteiger partial charge on any atom is -0.399 e. The van der Waals surface area contributed by atoms with Crippen molar-refractivity contribution in [3.05, 3.63) is 42.2 Å². The number of hydrogen-bond acceptors (Lipinski definition) is 5. The zero-order chi connectivity index (χ0) is 14.3. The number of hydrogen-bond donors (Lipinski definition) is 1. The first-order chi connectivity index (χ1) is 9.50. The lowest BCUT2D eigenvalue weighted by molar-refractivity contribution is 0.0867. The van der Waals surface area contributed by atoms with E-state index in [0.29, 0.717) is 12.2 Å². The second-order valence-electron chi connectivity index (χ2n) is 4.41. The highest BCUT2D eigenvalue weighted by molar-refractivity contribution is 7.90. The van der Waals surface area contributed by atoms with Crippen LogP contribution in [-0.2, 0) is 16.6 Å². The molecule has 0 unspecified atom stereocenters. The molecular weight excluding hydrogens is 280 g/mol. The van der Waals surface area contributed by atoms with Gasteiger partial charge < -0.3 is 5.73 Å². The third-order valence-electron chi connectivity index (χ3n) is 3.12. The number of nitrogens with two attached hydrogens (primary N) is 1. The van der Waals surface area contributed by atoms with Crippen molar-refractivity contribution in [2.24, 2.45) is 0 Å². The van der Waals surface area contributed by atoms with Gasteiger partial charge in [-0.1, -0.05) is 0 Å². The largest absolute Gasteiger partial charge is 0.399 e. The van der Waals surface area contributed by atoms with Gasteiger partial charge >= 0.3 is 0 Å². The van der Waals surface area contributed by atoms with Gasteiger partial charge in [-0.15, -0.1) is 0 Å². The minimum absolute atomic E-state index is 0.0250. The number of aromatic nitrogens is 2. The molecule has 20 heavy (non-hydrogen) atoms. The zero-order valence-electron chi connectivity index (χ0n) is 10.4. The Morgan fingerprint density at radius 2 is 2.05 bits per heavy atom. The Morgan fingerprint density at radius 3 is 2.75 bits per heavy atom. The number of carbonyl (C=O) groups excluding carboxylic acids is 1. The van der Waals surface area contributed by atoms with Crippen molar-refractivity contribution in [3.63, 3.8) is 0 Å². The fraction of sp³-hybridized carbons (Fsp3) is 0.167. The second-order valence-corrected chi connectivity index (χ2v) is 6.24. The molecule has 1 aliphatic heterocycles. The Labute approximate surface area is 115 Å². The summed E-state index contributed by atoms with van der Waals surface area (Å²) in [6.45, 7) is 0.346. The predicted molar refractivity (Wildman–Crippen MR) is 71.3 cm³/mol. The maximum atomic E-state index is 12.3. The molecule has 8 heteroatoms. The average Bonchev–Trinajstić information content (AvgIpc) is 2.96. The third kappa shape index (κ3) is 1.85. The SMILES string of the molecule is Nc1ccc2c(c1)S(=O)(=O)N(CCn1cccn1)C2=O. The summed E-state index contributed by atoms with van der Waals surface area (Å²) in [5.41, 5.74) is 6.07. The van der Waals surface area contributed by atoms with E-state index in [1.807, 2.05) is 0 Å². The van der Waals surface area contributed by atoms with Gasteiger partial charge in [0.05, 0.1) is 18.7 Å². The number of anilines is 1. The lowest BCUT2D eigenvalue weighted by atomic mass is 10.2. The summed E-state index contributed by atoms with van der Waals surface area (Å²) in [6.07, 6.45) is 3.30. The van der Waals surface area contributed by atoms with E-state index in [9.17, 15) is 13.2 Å². The smallest absolute Gasteiger partial charge is 0.269 e. The van der Waals surface area contributed by atoms with Crippen LogP contribution in [-0.4, -0.2) is 35.0 Å². The normalized spacial score (nSPS) is 16.4. The Morgan fingerprint density at radius 1 is 1.25 bits per heavy atom. The van der Waals surface area contributed by atoms with Crippen molar-refractivity contribution >= 4 is 21.6 Å². The van der Waals surface area contributed by atoms with E-state index < -0.39 is 15.9 Å². The highest BCUT2D eigenvalue weighted by Gasteiger charge is 2.40. The molecule has 0 spiro atoms. The molecule has 7 nitrogen and oxygen atoms in total. The van der Waals surface area contributed by atoms with Crippen LogP contribution < -0.4 is 5.73 Å². The third-order valence-corrected chi connectivity index (χ3v) is 4.94. The van der Waals surface area contributed by atoms with Gasteiger partial charge in [-0.2, -0.15) is 5.10 Å². The first kappa shape index (κ1) is 12.7. The van der Waals surface area contributed by atoms with Gasteiger partial charge in [0.2, 0.25) is 0 Å². The van der Waals surface area contributed by atoms with Crippen molar-refractivity contribution in [1.29, 1.82) is 0 Å². The Bertz CT molecular complexity index is 768. The predicted octanol–water partition coefficient (Wildman–Crippen LogP) is 0.310. The topological polar surface area (TPSA) is 98.3 Å². The van der Waals surface area contributed by atoms with Gasteiger partial charge in [0.25, 0.3) is 15.9 Å². The van der Waals surface area contributed by atoms with E-state index in [0.717, 1.165) is 4.31 Å². The van der Waals surface area contributed by atoms with E-state index >= 15 is 0 Å². The van der Waals surface area contributed by atoms with Crippen LogP contribution in [0.1, 0.15) is 10.4 Å². The molecule has 0 fully saturated rings. The molecule has 0 radical (unpaired) electrons. The maximum Gasteiger partial charge on any atom is 0.269 e. The van der Waals surface area contributed by atoms with Crippen LogP contribution in [0.2, 0.25) is 0 Å². The molecule has 1 aliphatic rings. The Hall–Kier alpha value is -2.35. The molecule has 1 amide bonds. The van der Waals surface area contributed by atoms with Crippen LogP contribution in [0.15, 0.2) is 41.6 Å².